The molecule has 0 unspecified atom stereocenters. The largest absolute Gasteiger partial charge is 0.400 e. The molecule has 0 N–H and O–H groups in total. The maximum atomic E-state index is 5.26. The third-order valence-corrected chi connectivity index (χ3v) is 4.32. The van der Waals surface area contributed by atoms with E-state index in [0.717, 1.165) is 6.04 Å². The van der Waals surface area contributed by atoms with Gasteiger partial charge in [0.05, 0.1) is 0 Å². The minimum Gasteiger partial charge on any atom is -0.400 e. The Bertz CT molecular complexity index is 128. The van der Waals surface area contributed by atoms with Crippen LogP contribution in [0.25, 0.3) is 0 Å². The Morgan fingerprint density at radius 2 is 1.50 bits per heavy atom. The van der Waals surface area contributed by atoms with Crippen molar-refractivity contribution < 1.29 is 8.85 Å². The van der Waals surface area contributed by atoms with Gasteiger partial charge in [0.15, 0.2) is 0 Å². The summed E-state index contributed by atoms with van der Waals surface area (Å²) in [6, 6.07) is 1.15. The van der Waals surface area contributed by atoms with E-state index in [1.807, 2.05) is 0 Å². The molecule has 0 rings (SSSR count). The first kappa shape index (κ1) is 14.1. The maximum Gasteiger partial charge on any atom is 0.320 e. The van der Waals surface area contributed by atoms with Gasteiger partial charge in [0.2, 0.25) is 0 Å². The molecule has 0 aromatic carbocycles. The lowest BCUT2D eigenvalue weighted by Gasteiger charge is -2.17. The SMILES string of the molecule is CO[SiH](CCCCCC(C)(C)C)OC. The van der Waals surface area contributed by atoms with E-state index in [9.17, 15) is 0 Å². The molecule has 0 amide bonds. The van der Waals surface area contributed by atoms with E-state index in [-0.39, 0.29) is 0 Å². The zero-order valence-corrected chi connectivity index (χ0v) is 11.6. The second kappa shape index (κ2) is 7.43. The number of unbranched alkanes of at least 4 members (excludes halogenated alkanes) is 2. The van der Waals surface area contributed by atoms with E-state index in [0.29, 0.717) is 5.41 Å². The van der Waals surface area contributed by atoms with E-state index in [2.05, 4.69) is 20.8 Å². The summed E-state index contributed by atoms with van der Waals surface area (Å²) < 4.78 is 10.5. The first-order chi connectivity index (χ1) is 6.49. The zero-order valence-electron chi connectivity index (χ0n) is 10.4. The van der Waals surface area contributed by atoms with Crippen LogP contribution < -0.4 is 0 Å². The summed E-state index contributed by atoms with van der Waals surface area (Å²) in [7, 11) is 2.24. The molecule has 0 radical (unpaired) electrons. The molecule has 0 aliphatic carbocycles. The van der Waals surface area contributed by atoms with Gasteiger partial charge in [0.1, 0.15) is 0 Å². The van der Waals surface area contributed by atoms with Crippen LogP contribution in [0.2, 0.25) is 6.04 Å². The highest BCUT2D eigenvalue weighted by Gasteiger charge is 2.11. The van der Waals surface area contributed by atoms with E-state index < -0.39 is 9.28 Å². The van der Waals surface area contributed by atoms with Crippen LogP contribution >= 0.6 is 0 Å². The van der Waals surface area contributed by atoms with Gasteiger partial charge in [-0.25, -0.2) is 0 Å². The van der Waals surface area contributed by atoms with Crippen molar-refractivity contribution in [2.45, 2.75) is 52.5 Å². The van der Waals surface area contributed by atoms with Crippen molar-refractivity contribution in [2.24, 2.45) is 5.41 Å². The molecule has 0 fully saturated rings. The minimum absolute atomic E-state index is 0.485. The van der Waals surface area contributed by atoms with Crippen molar-refractivity contribution in [3.05, 3.63) is 0 Å². The predicted octanol–water partition coefficient (Wildman–Crippen LogP) is 3.11. The lowest BCUT2D eigenvalue weighted by molar-refractivity contribution is 0.275. The van der Waals surface area contributed by atoms with Gasteiger partial charge in [0.25, 0.3) is 0 Å². The third-order valence-electron chi connectivity index (χ3n) is 2.39. The van der Waals surface area contributed by atoms with Crippen molar-refractivity contribution in [1.29, 1.82) is 0 Å². The normalized spacial score (nSPS) is 12.4. The summed E-state index contributed by atoms with van der Waals surface area (Å²) in [5.41, 5.74) is 0.485. The minimum atomic E-state index is -1.28. The Morgan fingerprint density at radius 1 is 0.929 bits per heavy atom. The van der Waals surface area contributed by atoms with Crippen molar-refractivity contribution in [1.82, 2.24) is 0 Å². The van der Waals surface area contributed by atoms with Gasteiger partial charge >= 0.3 is 9.28 Å². The van der Waals surface area contributed by atoms with E-state index in [1.165, 1.54) is 25.7 Å². The molecule has 0 atom stereocenters. The van der Waals surface area contributed by atoms with Gasteiger partial charge in [-0.15, -0.1) is 0 Å². The predicted molar refractivity (Wildman–Crippen MR) is 63.9 cm³/mol. The van der Waals surface area contributed by atoms with Crippen LogP contribution in [0, 0.1) is 5.41 Å². The number of hydrogen-bond donors (Lipinski definition) is 0. The Kier molecular flexibility index (Phi) is 7.50. The second-order valence-corrected chi connectivity index (χ2v) is 7.44. The molecule has 0 saturated heterocycles. The van der Waals surface area contributed by atoms with E-state index in [4.69, 9.17) is 8.85 Å². The standard InChI is InChI=1S/C11H26O2Si/c1-11(2,3)9-7-6-8-10-14(12-4)13-5/h14H,6-10H2,1-5H3. The average Bonchev–Trinajstić information content (AvgIpc) is 2.09. The van der Waals surface area contributed by atoms with Gasteiger partial charge in [-0.2, -0.15) is 0 Å². The summed E-state index contributed by atoms with van der Waals surface area (Å²) in [5.74, 6) is 0. The highest BCUT2D eigenvalue weighted by Crippen LogP contribution is 2.22. The molecule has 0 spiro atoms. The summed E-state index contributed by atoms with van der Waals surface area (Å²) in [5, 5.41) is 0. The van der Waals surface area contributed by atoms with Crippen LogP contribution in [0.1, 0.15) is 46.5 Å². The average molecular weight is 218 g/mol. The Morgan fingerprint density at radius 3 is 1.93 bits per heavy atom. The van der Waals surface area contributed by atoms with E-state index >= 15 is 0 Å². The molecular formula is C11H26O2Si. The van der Waals surface area contributed by atoms with Crippen LogP contribution in [0.3, 0.4) is 0 Å². The molecule has 0 aliphatic heterocycles. The molecule has 14 heavy (non-hydrogen) atoms. The molecule has 0 saturated carbocycles. The summed E-state index contributed by atoms with van der Waals surface area (Å²) in [6.45, 7) is 6.90. The smallest absolute Gasteiger partial charge is 0.320 e. The summed E-state index contributed by atoms with van der Waals surface area (Å²) in [4.78, 5) is 0. The van der Waals surface area contributed by atoms with Gasteiger partial charge in [0, 0.05) is 14.2 Å². The molecule has 0 heterocycles. The maximum absolute atomic E-state index is 5.26. The van der Waals surface area contributed by atoms with Crippen molar-refractivity contribution in [3.63, 3.8) is 0 Å². The van der Waals surface area contributed by atoms with Crippen molar-refractivity contribution >= 4 is 9.28 Å². The molecular weight excluding hydrogens is 192 g/mol. The Balaban J connectivity index is 3.29. The molecule has 0 aliphatic rings. The van der Waals surface area contributed by atoms with Crippen LogP contribution in [-0.4, -0.2) is 23.5 Å². The monoisotopic (exact) mass is 218 g/mol. The lowest BCUT2D eigenvalue weighted by atomic mass is 9.90. The summed E-state index contributed by atoms with van der Waals surface area (Å²) >= 11 is 0. The molecule has 86 valence electrons. The Labute approximate surface area is 90.8 Å². The quantitative estimate of drug-likeness (QED) is 0.483. The van der Waals surface area contributed by atoms with Crippen LogP contribution in [0.5, 0.6) is 0 Å². The molecule has 0 aromatic heterocycles. The first-order valence-electron chi connectivity index (χ1n) is 5.55. The van der Waals surface area contributed by atoms with Crippen LogP contribution in [-0.2, 0) is 8.85 Å². The topological polar surface area (TPSA) is 18.5 Å². The zero-order chi connectivity index (χ0) is 11.0. The number of rotatable bonds is 7. The summed E-state index contributed by atoms with van der Waals surface area (Å²) in [6.07, 6.45) is 5.22. The molecule has 2 nitrogen and oxygen atoms in total. The van der Waals surface area contributed by atoms with Gasteiger partial charge in [-0.3, -0.25) is 0 Å². The van der Waals surface area contributed by atoms with Gasteiger partial charge < -0.3 is 8.85 Å². The number of hydrogen-bond acceptors (Lipinski definition) is 2. The van der Waals surface area contributed by atoms with Gasteiger partial charge in [-0.1, -0.05) is 40.0 Å². The van der Waals surface area contributed by atoms with Gasteiger partial charge in [-0.05, 0) is 17.9 Å². The van der Waals surface area contributed by atoms with Crippen LogP contribution in [0.15, 0.2) is 0 Å². The second-order valence-electron chi connectivity index (χ2n) is 5.06. The molecule has 3 heteroatoms. The van der Waals surface area contributed by atoms with Crippen molar-refractivity contribution in [3.8, 4) is 0 Å². The fourth-order valence-corrected chi connectivity index (χ4v) is 2.76. The molecule has 0 aromatic rings. The highest BCUT2D eigenvalue weighted by atomic mass is 28.3. The fraction of sp³-hybridized carbons (Fsp3) is 1.00. The highest BCUT2D eigenvalue weighted by molar-refractivity contribution is 6.44. The third kappa shape index (κ3) is 8.72. The Hall–Kier alpha value is 0.137. The fourth-order valence-electron chi connectivity index (χ4n) is 1.48. The first-order valence-corrected chi connectivity index (χ1v) is 7.31. The van der Waals surface area contributed by atoms with Crippen LogP contribution in [0.4, 0.5) is 0 Å². The van der Waals surface area contributed by atoms with E-state index in [1.54, 1.807) is 14.2 Å². The lowest BCUT2D eigenvalue weighted by Crippen LogP contribution is -2.18. The van der Waals surface area contributed by atoms with Crippen molar-refractivity contribution in [2.75, 3.05) is 14.2 Å². The molecule has 0 bridgehead atoms.